The van der Waals surface area contributed by atoms with Gasteiger partial charge in [0.15, 0.2) is 0 Å². The molecule has 0 saturated carbocycles. The van der Waals surface area contributed by atoms with Crippen LogP contribution in [0, 0.1) is 6.92 Å². The van der Waals surface area contributed by atoms with Gasteiger partial charge in [-0.3, -0.25) is 10.1 Å². The summed E-state index contributed by atoms with van der Waals surface area (Å²) in [6.07, 6.45) is -0.562. The van der Waals surface area contributed by atoms with Crippen molar-refractivity contribution in [3.05, 3.63) is 35.5 Å². The van der Waals surface area contributed by atoms with E-state index in [0.29, 0.717) is 22.0 Å². The highest BCUT2D eigenvalue weighted by atomic mass is 32.1. The van der Waals surface area contributed by atoms with E-state index in [1.54, 1.807) is 40.0 Å². The van der Waals surface area contributed by atoms with E-state index in [1.807, 2.05) is 12.1 Å². The number of methoxy groups -OCH3 is 1. The Kier molecular flexibility index (Phi) is 7.76. The number of amides is 2. The minimum Gasteiger partial charge on any atom is -0.497 e. The van der Waals surface area contributed by atoms with Crippen molar-refractivity contribution in [2.24, 2.45) is 5.10 Å². The van der Waals surface area contributed by atoms with Crippen LogP contribution in [0.4, 0.5) is 15.5 Å². The van der Waals surface area contributed by atoms with Gasteiger partial charge in [0.05, 0.1) is 37.2 Å². The average Bonchev–Trinajstić information content (AvgIpc) is 3.05. The number of carbonyl (C=O) groups excluding carboxylic acids is 2. The van der Waals surface area contributed by atoms with Crippen LogP contribution in [0.5, 0.6) is 5.75 Å². The van der Waals surface area contributed by atoms with Crippen molar-refractivity contribution < 1.29 is 19.1 Å². The highest BCUT2D eigenvalue weighted by Gasteiger charge is 2.16. The van der Waals surface area contributed by atoms with Crippen molar-refractivity contribution in [3.8, 4) is 5.75 Å². The van der Waals surface area contributed by atoms with Crippen LogP contribution in [0.25, 0.3) is 0 Å². The molecule has 1 aromatic heterocycles. The minimum atomic E-state index is -0.562. The second-order valence-corrected chi connectivity index (χ2v) is 6.41. The first-order valence-electron chi connectivity index (χ1n) is 8.56. The normalized spacial score (nSPS) is 10.9. The zero-order chi connectivity index (χ0) is 20.5. The molecular weight excluding hydrogens is 382 g/mol. The lowest BCUT2D eigenvalue weighted by Crippen LogP contribution is -2.27. The quantitative estimate of drug-likeness (QED) is 0.460. The molecule has 0 spiro atoms. The summed E-state index contributed by atoms with van der Waals surface area (Å²) < 4.78 is 14.2. The number of anilines is 2. The van der Waals surface area contributed by atoms with Crippen LogP contribution in [0.3, 0.4) is 0 Å². The van der Waals surface area contributed by atoms with E-state index in [2.05, 4.69) is 25.5 Å². The monoisotopic (exact) mass is 405 g/mol. The number of aryl methyl sites for hydroxylation is 1. The first-order valence-corrected chi connectivity index (χ1v) is 9.33. The molecule has 0 aliphatic heterocycles. The summed E-state index contributed by atoms with van der Waals surface area (Å²) >= 11 is 1.13. The molecule has 2 amide bonds. The number of hydrazone groups is 1. The summed E-state index contributed by atoms with van der Waals surface area (Å²) in [5.41, 5.74) is 5.15. The number of hydrogen-bond acceptors (Lipinski definition) is 8. The van der Waals surface area contributed by atoms with Crippen LogP contribution in [0.2, 0.25) is 0 Å². The van der Waals surface area contributed by atoms with Crippen molar-refractivity contribution in [1.82, 2.24) is 9.80 Å². The molecule has 1 aromatic carbocycles. The lowest BCUT2D eigenvalue weighted by molar-refractivity contribution is -0.119. The van der Waals surface area contributed by atoms with Crippen LogP contribution < -0.4 is 20.8 Å². The summed E-state index contributed by atoms with van der Waals surface area (Å²) in [7, 11) is 1.59. The maximum absolute atomic E-state index is 12.0. The summed E-state index contributed by atoms with van der Waals surface area (Å²) in [5.74, 6) is 0.429. The number of benzene rings is 1. The van der Waals surface area contributed by atoms with Gasteiger partial charge in [0.25, 0.3) is 5.91 Å². The molecule has 0 aliphatic rings. The topological polar surface area (TPSA) is 114 Å². The zero-order valence-corrected chi connectivity index (χ0v) is 17.0. The number of carbonyl (C=O) groups is 2. The third-order valence-electron chi connectivity index (χ3n) is 3.61. The summed E-state index contributed by atoms with van der Waals surface area (Å²) in [6.45, 7) is 5.57. The predicted octanol–water partition coefficient (Wildman–Crippen LogP) is 2.98. The summed E-state index contributed by atoms with van der Waals surface area (Å²) in [4.78, 5) is 23.7. The molecule has 0 radical (unpaired) electrons. The molecule has 0 bridgehead atoms. The SMILES string of the molecule is CCOC(=O)Nc1snc(C)c1/C(C)=N/NC(=O)CNc1ccc(OC)cc1. The van der Waals surface area contributed by atoms with Gasteiger partial charge in [-0.2, -0.15) is 9.47 Å². The van der Waals surface area contributed by atoms with Crippen LogP contribution in [-0.4, -0.2) is 42.3 Å². The van der Waals surface area contributed by atoms with E-state index in [1.165, 1.54) is 0 Å². The summed E-state index contributed by atoms with van der Waals surface area (Å²) in [6, 6.07) is 7.22. The first kappa shape index (κ1) is 21.2. The molecule has 0 unspecified atom stereocenters. The van der Waals surface area contributed by atoms with Crippen LogP contribution in [0.1, 0.15) is 25.1 Å². The van der Waals surface area contributed by atoms with E-state index in [0.717, 1.165) is 23.0 Å². The van der Waals surface area contributed by atoms with E-state index < -0.39 is 6.09 Å². The number of rotatable bonds is 8. The van der Waals surface area contributed by atoms with Gasteiger partial charge in [-0.15, -0.1) is 0 Å². The lowest BCUT2D eigenvalue weighted by atomic mass is 10.2. The Morgan fingerprint density at radius 1 is 1.25 bits per heavy atom. The van der Waals surface area contributed by atoms with Crippen molar-refractivity contribution in [2.75, 3.05) is 30.9 Å². The van der Waals surface area contributed by atoms with E-state index in [4.69, 9.17) is 9.47 Å². The van der Waals surface area contributed by atoms with Gasteiger partial charge in [-0.1, -0.05) is 0 Å². The molecule has 150 valence electrons. The molecule has 2 aromatic rings. The molecule has 0 aliphatic carbocycles. The van der Waals surface area contributed by atoms with Gasteiger partial charge in [0.1, 0.15) is 10.8 Å². The molecule has 1 heterocycles. The third-order valence-corrected chi connectivity index (χ3v) is 4.46. The van der Waals surface area contributed by atoms with Gasteiger partial charge in [0, 0.05) is 5.69 Å². The van der Waals surface area contributed by atoms with Crippen LogP contribution in [-0.2, 0) is 9.53 Å². The highest BCUT2D eigenvalue weighted by molar-refractivity contribution is 7.11. The van der Waals surface area contributed by atoms with Crippen LogP contribution >= 0.6 is 11.5 Å². The maximum Gasteiger partial charge on any atom is 0.412 e. The molecule has 2 rings (SSSR count). The van der Waals surface area contributed by atoms with E-state index in [-0.39, 0.29) is 19.1 Å². The molecular formula is C18H23N5O4S. The van der Waals surface area contributed by atoms with Crippen molar-refractivity contribution >= 4 is 39.9 Å². The predicted molar refractivity (Wildman–Crippen MR) is 109 cm³/mol. The molecule has 0 atom stereocenters. The molecule has 10 heteroatoms. The Morgan fingerprint density at radius 3 is 2.61 bits per heavy atom. The largest absolute Gasteiger partial charge is 0.497 e. The number of ether oxygens (including phenoxy) is 2. The fourth-order valence-electron chi connectivity index (χ4n) is 2.27. The third kappa shape index (κ3) is 5.95. The smallest absolute Gasteiger partial charge is 0.412 e. The number of aromatic nitrogens is 1. The van der Waals surface area contributed by atoms with Crippen molar-refractivity contribution in [2.45, 2.75) is 20.8 Å². The highest BCUT2D eigenvalue weighted by Crippen LogP contribution is 2.25. The molecule has 28 heavy (non-hydrogen) atoms. The van der Waals surface area contributed by atoms with E-state index >= 15 is 0 Å². The first-order chi connectivity index (χ1) is 13.4. The number of nitrogens with zero attached hydrogens (tertiary/aromatic N) is 2. The second-order valence-electron chi connectivity index (χ2n) is 5.63. The van der Waals surface area contributed by atoms with Gasteiger partial charge in [0.2, 0.25) is 0 Å². The maximum atomic E-state index is 12.0. The lowest BCUT2D eigenvalue weighted by Gasteiger charge is -2.08. The Labute approximate surface area is 167 Å². The van der Waals surface area contributed by atoms with Gasteiger partial charge in [-0.25, -0.2) is 10.2 Å². The Bertz CT molecular complexity index is 848. The number of hydrogen-bond donors (Lipinski definition) is 3. The Balaban J connectivity index is 1.94. The molecule has 9 nitrogen and oxygen atoms in total. The van der Waals surface area contributed by atoms with Gasteiger partial charge >= 0.3 is 6.09 Å². The Morgan fingerprint density at radius 2 is 1.96 bits per heavy atom. The second kappa shape index (κ2) is 10.3. The number of nitrogens with one attached hydrogen (secondary N) is 3. The minimum absolute atomic E-state index is 0.0535. The van der Waals surface area contributed by atoms with Crippen LogP contribution in [0.15, 0.2) is 29.4 Å². The van der Waals surface area contributed by atoms with E-state index in [9.17, 15) is 9.59 Å². The Hall–Kier alpha value is -3.14. The average molecular weight is 405 g/mol. The zero-order valence-electron chi connectivity index (χ0n) is 16.2. The fraction of sp³-hybridized carbons (Fsp3) is 0.333. The fourth-order valence-corrected chi connectivity index (χ4v) is 3.11. The molecule has 0 saturated heterocycles. The van der Waals surface area contributed by atoms with Gasteiger partial charge in [-0.05, 0) is 56.6 Å². The molecule has 3 N–H and O–H groups in total. The van der Waals surface area contributed by atoms with Gasteiger partial charge < -0.3 is 14.8 Å². The standard InChI is InChI=1S/C18H23N5O4S/c1-5-27-18(25)20-17-16(12(3)23-28-17)11(2)21-22-15(24)10-19-13-6-8-14(26-4)9-7-13/h6-9,19H,5,10H2,1-4H3,(H,20,25)(H,22,24)/b21-11+. The van der Waals surface area contributed by atoms with Crippen molar-refractivity contribution in [3.63, 3.8) is 0 Å². The summed E-state index contributed by atoms with van der Waals surface area (Å²) in [5, 5.41) is 10.3. The molecule has 0 fully saturated rings. The van der Waals surface area contributed by atoms with Crippen molar-refractivity contribution in [1.29, 1.82) is 0 Å².